The quantitative estimate of drug-likeness (QED) is 0.865. The van der Waals surface area contributed by atoms with Crippen LogP contribution in [0.2, 0.25) is 0 Å². The summed E-state index contributed by atoms with van der Waals surface area (Å²) in [5.74, 6) is 0. The standard InChI is InChI=1S/C16H18O2/c1-12(17)16(18)11-13-7-9-15(10-8-13)14-5-3-2-4-6-14/h2-10,12,16-18H,11H2,1H3/t12-,16+/m1/s1. The van der Waals surface area contributed by atoms with Crippen LogP contribution in [0.25, 0.3) is 11.1 Å². The van der Waals surface area contributed by atoms with E-state index in [0.29, 0.717) is 6.42 Å². The highest BCUT2D eigenvalue weighted by Crippen LogP contribution is 2.19. The van der Waals surface area contributed by atoms with Crippen molar-refractivity contribution in [2.75, 3.05) is 0 Å². The Balaban J connectivity index is 2.11. The number of aliphatic hydroxyl groups is 2. The normalized spacial score (nSPS) is 14.2. The van der Waals surface area contributed by atoms with Crippen molar-refractivity contribution in [3.05, 3.63) is 60.2 Å². The maximum atomic E-state index is 9.62. The molecular weight excluding hydrogens is 224 g/mol. The molecule has 0 aliphatic heterocycles. The van der Waals surface area contributed by atoms with Crippen LogP contribution in [0.1, 0.15) is 12.5 Å². The molecule has 0 bridgehead atoms. The molecule has 0 amide bonds. The van der Waals surface area contributed by atoms with E-state index in [9.17, 15) is 10.2 Å². The van der Waals surface area contributed by atoms with Crippen molar-refractivity contribution in [2.45, 2.75) is 25.6 Å². The van der Waals surface area contributed by atoms with Crippen molar-refractivity contribution in [3.8, 4) is 11.1 Å². The van der Waals surface area contributed by atoms with E-state index in [1.54, 1.807) is 6.92 Å². The Morgan fingerprint density at radius 3 is 1.94 bits per heavy atom. The highest BCUT2D eigenvalue weighted by molar-refractivity contribution is 5.63. The Morgan fingerprint density at radius 1 is 0.833 bits per heavy atom. The molecule has 0 radical (unpaired) electrons. The van der Waals surface area contributed by atoms with Gasteiger partial charge in [-0.15, -0.1) is 0 Å². The average Bonchev–Trinajstić information content (AvgIpc) is 2.40. The van der Waals surface area contributed by atoms with Gasteiger partial charge in [-0.3, -0.25) is 0 Å². The third-order valence-electron chi connectivity index (χ3n) is 3.06. The fourth-order valence-corrected chi connectivity index (χ4v) is 1.88. The van der Waals surface area contributed by atoms with Gasteiger partial charge in [0.15, 0.2) is 0 Å². The molecular formula is C16H18O2. The molecule has 2 aromatic rings. The predicted octanol–water partition coefficient (Wildman–Crippen LogP) is 2.64. The van der Waals surface area contributed by atoms with Gasteiger partial charge in [0.05, 0.1) is 12.2 Å². The van der Waals surface area contributed by atoms with E-state index in [1.165, 1.54) is 5.56 Å². The molecule has 0 spiro atoms. The first-order chi connectivity index (χ1) is 8.66. The Hall–Kier alpha value is -1.64. The van der Waals surface area contributed by atoms with Gasteiger partial charge >= 0.3 is 0 Å². The van der Waals surface area contributed by atoms with Crippen LogP contribution in [0.5, 0.6) is 0 Å². The summed E-state index contributed by atoms with van der Waals surface area (Å²) >= 11 is 0. The first-order valence-corrected chi connectivity index (χ1v) is 6.17. The fraction of sp³-hybridized carbons (Fsp3) is 0.250. The van der Waals surface area contributed by atoms with Gasteiger partial charge in [0, 0.05) is 6.42 Å². The zero-order valence-corrected chi connectivity index (χ0v) is 10.5. The third-order valence-corrected chi connectivity index (χ3v) is 3.06. The van der Waals surface area contributed by atoms with Crippen LogP contribution >= 0.6 is 0 Å². The number of hydrogen-bond donors (Lipinski definition) is 2. The average molecular weight is 242 g/mol. The topological polar surface area (TPSA) is 40.5 Å². The summed E-state index contributed by atoms with van der Waals surface area (Å²) in [4.78, 5) is 0. The van der Waals surface area contributed by atoms with E-state index in [1.807, 2.05) is 42.5 Å². The number of rotatable bonds is 4. The smallest absolute Gasteiger partial charge is 0.0836 e. The van der Waals surface area contributed by atoms with Gasteiger partial charge < -0.3 is 10.2 Å². The second kappa shape index (κ2) is 5.80. The molecule has 0 saturated carbocycles. The lowest BCUT2D eigenvalue weighted by atomic mass is 10.0. The lowest BCUT2D eigenvalue weighted by Gasteiger charge is -2.13. The summed E-state index contributed by atoms with van der Waals surface area (Å²) in [7, 11) is 0. The van der Waals surface area contributed by atoms with E-state index >= 15 is 0 Å². The molecule has 0 unspecified atom stereocenters. The van der Waals surface area contributed by atoms with E-state index < -0.39 is 12.2 Å². The molecule has 0 aromatic heterocycles. The molecule has 2 aromatic carbocycles. The molecule has 2 atom stereocenters. The lowest BCUT2D eigenvalue weighted by molar-refractivity contribution is 0.0320. The molecule has 0 aliphatic carbocycles. The van der Waals surface area contributed by atoms with Crippen molar-refractivity contribution >= 4 is 0 Å². The zero-order chi connectivity index (χ0) is 13.0. The van der Waals surface area contributed by atoms with Gasteiger partial charge in [-0.1, -0.05) is 54.6 Å². The molecule has 2 nitrogen and oxygen atoms in total. The summed E-state index contributed by atoms with van der Waals surface area (Å²) in [5.41, 5.74) is 3.37. The number of benzene rings is 2. The second-order valence-electron chi connectivity index (χ2n) is 4.58. The molecule has 0 saturated heterocycles. The summed E-state index contributed by atoms with van der Waals surface area (Å²) < 4.78 is 0. The Bertz CT molecular complexity index is 474. The van der Waals surface area contributed by atoms with E-state index in [4.69, 9.17) is 0 Å². The van der Waals surface area contributed by atoms with Crippen molar-refractivity contribution in [1.29, 1.82) is 0 Å². The van der Waals surface area contributed by atoms with Crippen LogP contribution in [-0.2, 0) is 6.42 Å². The Morgan fingerprint density at radius 2 is 1.39 bits per heavy atom. The van der Waals surface area contributed by atoms with Gasteiger partial charge in [-0.25, -0.2) is 0 Å². The van der Waals surface area contributed by atoms with Gasteiger partial charge in [0.2, 0.25) is 0 Å². The second-order valence-corrected chi connectivity index (χ2v) is 4.58. The minimum Gasteiger partial charge on any atom is -0.391 e. The summed E-state index contributed by atoms with van der Waals surface area (Å²) in [6.07, 6.45) is -0.918. The monoisotopic (exact) mass is 242 g/mol. The largest absolute Gasteiger partial charge is 0.391 e. The molecule has 18 heavy (non-hydrogen) atoms. The third kappa shape index (κ3) is 3.19. The van der Waals surface area contributed by atoms with Gasteiger partial charge in [-0.2, -0.15) is 0 Å². The van der Waals surface area contributed by atoms with Crippen LogP contribution in [0.15, 0.2) is 54.6 Å². The molecule has 0 fully saturated rings. The van der Waals surface area contributed by atoms with Crippen LogP contribution in [-0.4, -0.2) is 22.4 Å². The van der Waals surface area contributed by atoms with E-state index in [2.05, 4.69) is 12.1 Å². The maximum Gasteiger partial charge on any atom is 0.0836 e. The van der Waals surface area contributed by atoms with Crippen molar-refractivity contribution in [2.24, 2.45) is 0 Å². The van der Waals surface area contributed by atoms with E-state index in [-0.39, 0.29) is 0 Å². The molecule has 94 valence electrons. The summed E-state index contributed by atoms with van der Waals surface area (Å²) in [6.45, 7) is 1.60. The highest BCUT2D eigenvalue weighted by atomic mass is 16.3. The van der Waals surface area contributed by atoms with Gasteiger partial charge in [-0.05, 0) is 23.6 Å². The number of aliphatic hydroxyl groups excluding tert-OH is 2. The van der Waals surface area contributed by atoms with Crippen LogP contribution < -0.4 is 0 Å². The zero-order valence-electron chi connectivity index (χ0n) is 10.5. The molecule has 2 N–H and O–H groups in total. The van der Waals surface area contributed by atoms with Gasteiger partial charge in [0.25, 0.3) is 0 Å². The first-order valence-electron chi connectivity index (χ1n) is 6.17. The lowest BCUT2D eigenvalue weighted by Crippen LogP contribution is -2.24. The minimum atomic E-state index is -0.701. The van der Waals surface area contributed by atoms with E-state index in [0.717, 1.165) is 11.1 Å². The van der Waals surface area contributed by atoms with Crippen LogP contribution in [0.3, 0.4) is 0 Å². The maximum absolute atomic E-state index is 9.62. The SMILES string of the molecule is C[C@@H](O)[C@@H](O)Cc1ccc(-c2ccccc2)cc1. The fourth-order valence-electron chi connectivity index (χ4n) is 1.88. The molecule has 0 aliphatic rings. The van der Waals surface area contributed by atoms with Gasteiger partial charge in [0.1, 0.15) is 0 Å². The highest BCUT2D eigenvalue weighted by Gasteiger charge is 2.11. The Kier molecular flexibility index (Phi) is 4.13. The van der Waals surface area contributed by atoms with Crippen molar-refractivity contribution in [3.63, 3.8) is 0 Å². The summed E-state index contributed by atoms with van der Waals surface area (Å²) in [6, 6.07) is 18.2. The summed E-state index contributed by atoms with van der Waals surface area (Å²) in [5, 5.41) is 18.9. The Labute approximate surface area is 108 Å². The number of hydrogen-bond acceptors (Lipinski definition) is 2. The molecule has 0 heterocycles. The predicted molar refractivity (Wildman–Crippen MR) is 73.3 cm³/mol. The molecule has 2 rings (SSSR count). The van der Waals surface area contributed by atoms with Crippen LogP contribution in [0.4, 0.5) is 0 Å². The van der Waals surface area contributed by atoms with Crippen molar-refractivity contribution < 1.29 is 10.2 Å². The van der Waals surface area contributed by atoms with Crippen molar-refractivity contribution in [1.82, 2.24) is 0 Å². The molecule has 2 heteroatoms. The first kappa shape index (κ1) is 12.8. The minimum absolute atomic E-state index is 0.479. The van der Waals surface area contributed by atoms with Crippen LogP contribution in [0, 0.1) is 0 Å².